The summed E-state index contributed by atoms with van der Waals surface area (Å²) in [6.45, 7) is 2.57. The van der Waals surface area contributed by atoms with Gasteiger partial charge in [0.05, 0.1) is 25.2 Å². The van der Waals surface area contributed by atoms with Crippen molar-refractivity contribution in [2.75, 3.05) is 25.1 Å². The van der Waals surface area contributed by atoms with E-state index in [1.165, 1.54) is 36.4 Å². The number of anilines is 1. The monoisotopic (exact) mass is 625 g/mol. The lowest BCUT2D eigenvalue weighted by Crippen LogP contribution is -2.50. The predicted molar refractivity (Wildman–Crippen MR) is 167 cm³/mol. The zero-order chi connectivity index (χ0) is 33.1. The number of amides is 1. The maximum Gasteiger partial charge on any atom is 0.331 e. The van der Waals surface area contributed by atoms with Gasteiger partial charge >= 0.3 is 17.9 Å². The number of hydrogen-bond donors (Lipinski definition) is 1. The fourth-order valence-corrected chi connectivity index (χ4v) is 4.70. The number of ketones is 1. The summed E-state index contributed by atoms with van der Waals surface area (Å²) in [6, 6.07) is 25.8. The molecule has 0 spiro atoms. The van der Waals surface area contributed by atoms with Gasteiger partial charge in [-0.2, -0.15) is 0 Å². The maximum absolute atomic E-state index is 13.3. The molecule has 1 N–H and O–H groups in total. The van der Waals surface area contributed by atoms with Crippen LogP contribution in [0.4, 0.5) is 10.1 Å². The second-order valence-electron chi connectivity index (χ2n) is 10.1. The van der Waals surface area contributed by atoms with E-state index in [1.54, 1.807) is 80.6 Å². The van der Waals surface area contributed by atoms with Crippen molar-refractivity contribution in [2.24, 2.45) is 0 Å². The van der Waals surface area contributed by atoms with Crippen molar-refractivity contribution in [3.8, 4) is 0 Å². The van der Waals surface area contributed by atoms with E-state index < -0.39 is 47.4 Å². The van der Waals surface area contributed by atoms with Crippen LogP contribution in [0.1, 0.15) is 51.3 Å². The average molecular weight is 626 g/mol. The molecule has 0 bridgehead atoms. The molecule has 4 aromatic rings. The molecule has 46 heavy (non-hydrogen) atoms. The Balaban J connectivity index is 1.44. The highest BCUT2D eigenvalue weighted by Gasteiger charge is 2.52. The molecule has 0 saturated heterocycles. The Bertz CT molecular complexity index is 1680. The molecule has 0 heterocycles. The van der Waals surface area contributed by atoms with E-state index in [1.807, 2.05) is 0 Å². The number of benzene rings is 4. The van der Waals surface area contributed by atoms with Crippen molar-refractivity contribution < 1.29 is 42.6 Å². The molecule has 4 aromatic carbocycles. The number of ether oxygens (including phenoxy) is 3. The number of hydrogen-bond acceptors (Lipinski definition) is 8. The molecule has 0 saturated carbocycles. The van der Waals surface area contributed by atoms with Crippen LogP contribution in [0.2, 0.25) is 0 Å². The van der Waals surface area contributed by atoms with Crippen molar-refractivity contribution in [2.45, 2.75) is 25.7 Å². The van der Waals surface area contributed by atoms with Crippen LogP contribution in [0.5, 0.6) is 0 Å². The van der Waals surface area contributed by atoms with Gasteiger partial charge in [-0.15, -0.1) is 0 Å². The van der Waals surface area contributed by atoms with Gasteiger partial charge in [-0.1, -0.05) is 60.7 Å². The van der Waals surface area contributed by atoms with E-state index in [0.717, 1.165) is 0 Å². The van der Waals surface area contributed by atoms with Gasteiger partial charge in [-0.05, 0) is 67.4 Å². The van der Waals surface area contributed by atoms with E-state index in [-0.39, 0.29) is 41.9 Å². The third-order valence-electron chi connectivity index (χ3n) is 7.05. The molecule has 9 nitrogen and oxygen atoms in total. The SMILES string of the molecule is CCOC(=O)C(COC(=O)Cc1ccc(NC(=O)c2ccccc2C(=O)c2ccc(F)cc2)cc1)(C(=O)OCC)c1ccccc1. The molecule has 0 radical (unpaired) electrons. The van der Waals surface area contributed by atoms with Crippen LogP contribution in [0.15, 0.2) is 103 Å². The Morgan fingerprint density at radius 1 is 0.674 bits per heavy atom. The first-order valence-electron chi connectivity index (χ1n) is 14.5. The van der Waals surface area contributed by atoms with E-state index in [0.29, 0.717) is 11.3 Å². The molecule has 0 atom stereocenters. The molecule has 0 aromatic heterocycles. The van der Waals surface area contributed by atoms with Crippen LogP contribution in [0, 0.1) is 5.82 Å². The van der Waals surface area contributed by atoms with Crippen molar-refractivity contribution in [1.29, 1.82) is 0 Å². The zero-order valence-corrected chi connectivity index (χ0v) is 25.3. The Hall–Kier alpha value is -5.64. The van der Waals surface area contributed by atoms with Gasteiger partial charge in [0, 0.05) is 16.8 Å². The number of halogens is 1. The minimum atomic E-state index is -2.01. The van der Waals surface area contributed by atoms with Crippen LogP contribution in [0.25, 0.3) is 0 Å². The maximum atomic E-state index is 13.3. The van der Waals surface area contributed by atoms with Crippen LogP contribution < -0.4 is 5.32 Å². The number of carbonyl (C=O) groups excluding carboxylic acids is 5. The highest BCUT2D eigenvalue weighted by molar-refractivity contribution is 6.17. The van der Waals surface area contributed by atoms with Crippen LogP contribution in [0.3, 0.4) is 0 Å². The lowest BCUT2D eigenvalue weighted by molar-refractivity contribution is -0.170. The lowest BCUT2D eigenvalue weighted by Gasteiger charge is -2.29. The van der Waals surface area contributed by atoms with Gasteiger partial charge in [-0.25, -0.2) is 4.39 Å². The van der Waals surface area contributed by atoms with E-state index in [2.05, 4.69) is 5.32 Å². The third kappa shape index (κ3) is 7.71. The first-order chi connectivity index (χ1) is 22.2. The number of nitrogens with one attached hydrogen (secondary N) is 1. The Labute approximate surface area is 265 Å². The van der Waals surface area contributed by atoms with Crippen molar-refractivity contribution in [1.82, 2.24) is 0 Å². The van der Waals surface area contributed by atoms with Gasteiger partial charge < -0.3 is 19.5 Å². The van der Waals surface area contributed by atoms with Crippen molar-refractivity contribution in [3.05, 3.63) is 137 Å². The summed E-state index contributed by atoms with van der Waals surface area (Å²) in [4.78, 5) is 65.3. The number of esters is 3. The summed E-state index contributed by atoms with van der Waals surface area (Å²) in [5.41, 5.74) is -0.279. The van der Waals surface area contributed by atoms with E-state index >= 15 is 0 Å². The summed E-state index contributed by atoms with van der Waals surface area (Å²) in [5, 5.41) is 2.74. The molecule has 0 fully saturated rings. The van der Waals surface area contributed by atoms with Gasteiger partial charge in [0.1, 0.15) is 12.4 Å². The van der Waals surface area contributed by atoms with Gasteiger partial charge in [0.2, 0.25) is 5.41 Å². The van der Waals surface area contributed by atoms with Gasteiger partial charge in [0.25, 0.3) is 5.91 Å². The van der Waals surface area contributed by atoms with E-state index in [9.17, 15) is 28.4 Å². The average Bonchev–Trinajstić information content (AvgIpc) is 3.06. The Morgan fingerprint density at radius 2 is 1.24 bits per heavy atom. The molecule has 0 unspecified atom stereocenters. The molecule has 4 rings (SSSR count). The van der Waals surface area contributed by atoms with Crippen LogP contribution in [-0.4, -0.2) is 49.4 Å². The summed E-state index contributed by atoms with van der Waals surface area (Å²) in [6.07, 6.45) is -0.195. The van der Waals surface area contributed by atoms with Crippen LogP contribution in [-0.2, 0) is 40.4 Å². The molecule has 0 aliphatic carbocycles. The topological polar surface area (TPSA) is 125 Å². The standard InChI is InChI=1S/C36H32FNO8/c1-3-44-34(42)36(35(43)45-4-2,26-10-6-5-7-11-26)23-46-31(39)22-24-14-20-28(21-15-24)38-33(41)30-13-9-8-12-29(30)32(40)25-16-18-27(37)19-17-25/h5-21H,3-4,22-23H2,1-2H3,(H,38,41). The predicted octanol–water partition coefficient (Wildman–Crippen LogP) is 5.46. The minimum Gasteiger partial charge on any atom is -0.465 e. The first kappa shape index (κ1) is 33.3. The minimum absolute atomic E-state index is 0.000199. The summed E-state index contributed by atoms with van der Waals surface area (Å²) >= 11 is 0. The molecule has 10 heteroatoms. The van der Waals surface area contributed by atoms with E-state index in [4.69, 9.17) is 14.2 Å². The van der Waals surface area contributed by atoms with Gasteiger partial charge in [0.15, 0.2) is 5.78 Å². The first-order valence-corrected chi connectivity index (χ1v) is 14.5. The van der Waals surface area contributed by atoms with Crippen molar-refractivity contribution >= 4 is 35.3 Å². The quantitative estimate of drug-likeness (QED) is 0.0899. The molecule has 0 aliphatic rings. The molecular weight excluding hydrogens is 593 g/mol. The second kappa shape index (κ2) is 15.4. The Kier molecular flexibility index (Phi) is 11.1. The molecule has 0 aliphatic heterocycles. The molecular formula is C36H32FNO8. The fraction of sp³-hybridized carbons (Fsp3) is 0.194. The van der Waals surface area contributed by atoms with Crippen LogP contribution >= 0.6 is 0 Å². The summed E-state index contributed by atoms with van der Waals surface area (Å²) in [7, 11) is 0. The normalized spacial score (nSPS) is 10.8. The lowest BCUT2D eigenvalue weighted by atomic mass is 9.81. The van der Waals surface area contributed by atoms with Gasteiger partial charge in [-0.3, -0.25) is 24.0 Å². The Morgan fingerprint density at radius 3 is 1.83 bits per heavy atom. The molecule has 236 valence electrons. The summed E-state index contributed by atoms with van der Waals surface area (Å²) in [5.74, 6) is -3.94. The summed E-state index contributed by atoms with van der Waals surface area (Å²) < 4.78 is 29.2. The third-order valence-corrected chi connectivity index (χ3v) is 7.05. The number of rotatable bonds is 13. The fourth-order valence-electron chi connectivity index (χ4n) is 4.70. The second-order valence-corrected chi connectivity index (χ2v) is 10.1. The smallest absolute Gasteiger partial charge is 0.331 e. The number of carbonyl (C=O) groups is 5. The molecule has 1 amide bonds. The highest BCUT2D eigenvalue weighted by atomic mass is 19.1. The highest BCUT2D eigenvalue weighted by Crippen LogP contribution is 2.29. The zero-order valence-electron chi connectivity index (χ0n) is 25.3. The van der Waals surface area contributed by atoms with Crippen molar-refractivity contribution in [3.63, 3.8) is 0 Å². The largest absolute Gasteiger partial charge is 0.465 e.